The molecule has 50 valence electrons. The molecule has 0 aliphatic rings. The van der Waals surface area contributed by atoms with E-state index in [1.165, 1.54) is 4.43 Å². The predicted octanol–water partition coefficient (Wildman–Crippen LogP) is 1.84. The van der Waals surface area contributed by atoms with E-state index in [4.69, 9.17) is 0 Å². The summed E-state index contributed by atoms with van der Waals surface area (Å²) in [5, 5.41) is 0. The average Bonchev–Trinajstić information content (AvgIpc) is 1.88. The molecule has 0 heterocycles. The van der Waals surface area contributed by atoms with Gasteiger partial charge in [0.2, 0.25) is 0 Å². The first kappa shape index (κ1) is 7.86. The molecule has 0 aliphatic carbocycles. The maximum absolute atomic E-state index is 2.28. The van der Waals surface area contributed by atoms with E-state index in [1.54, 1.807) is 0 Å². The van der Waals surface area contributed by atoms with E-state index in [0.717, 1.165) is 4.78 Å². The van der Waals surface area contributed by atoms with Crippen LogP contribution in [0.25, 0.3) is 0 Å². The van der Waals surface area contributed by atoms with Crippen LogP contribution in [-0.4, -0.2) is 15.2 Å². The van der Waals surface area contributed by atoms with Crippen LogP contribution in [0.1, 0.15) is 13.8 Å². The molecular weight excluding hydrogens is 135 g/mol. The van der Waals surface area contributed by atoms with Crippen LogP contribution in [0.5, 0.6) is 0 Å². The molecule has 0 fully saturated rings. The van der Waals surface area contributed by atoms with Gasteiger partial charge in [-0.15, -0.1) is 0 Å². The van der Waals surface area contributed by atoms with Gasteiger partial charge in [-0.25, -0.2) is 0 Å². The molecule has 1 aromatic rings. The van der Waals surface area contributed by atoms with Gasteiger partial charge in [0, 0.05) is 0 Å². The normalized spacial score (nSPS) is 9.50. The molecule has 0 radical (unpaired) electrons. The second-order valence-electron chi connectivity index (χ2n) is 2.82. The second kappa shape index (κ2) is 3.81. The van der Waals surface area contributed by atoms with Crippen molar-refractivity contribution in [3.8, 4) is 0 Å². The van der Waals surface area contributed by atoms with Crippen molar-refractivity contribution in [3.05, 3.63) is 30.3 Å². The number of hydrogen-bond acceptors (Lipinski definition) is 0. The van der Waals surface area contributed by atoms with Crippen molar-refractivity contribution in [2.24, 2.45) is 0 Å². The zero-order chi connectivity index (χ0) is 7.40. The fraction of sp³-hybridized carbons (Fsp3) is 0.333. The second-order valence-corrected chi connectivity index (χ2v) is 5.15. The third kappa shape index (κ3) is 2.56. The molecule has 0 nitrogen and oxygen atoms in total. The van der Waals surface area contributed by atoms with Crippen LogP contribution < -0.4 is 4.43 Å². The first-order valence-corrected chi connectivity index (χ1v) is 4.93. The van der Waals surface area contributed by atoms with Crippen molar-refractivity contribution >= 4 is 19.6 Å². The van der Waals surface area contributed by atoms with Gasteiger partial charge in [-0.05, 0) is 0 Å². The molecule has 0 aliphatic heterocycles. The van der Waals surface area contributed by atoms with Crippen molar-refractivity contribution < 1.29 is 0 Å². The van der Waals surface area contributed by atoms with Gasteiger partial charge >= 0.3 is 68.6 Å². The molecule has 0 unspecified atom stereocenters. The third-order valence-corrected chi connectivity index (χ3v) is 2.76. The molecule has 0 amide bonds. The van der Waals surface area contributed by atoms with E-state index in [0.29, 0.717) is 15.2 Å². The summed E-state index contributed by atoms with van der Waals surface area (Å²) >= 11 is 0.492. The summed E-state index contributed by atoms with van der Waals surface area (Å²) in [6.07, 6.45) is 0. The van der Waals surface area contributed by atoms with Crippen LogP contribution in [0.3, 0.4) is 0 Å². The van der Waals surface area contributed by atoms with Crippen molar-refractivity contribution in [2.45, 2.75) is 18.6 Å². The van der Waals surface area contributed by atoms with Gasteiger partial charge in [0.25, 0.3) is 0 Å². The molecule has 1 heteroatoms. The molecule has 1 aromatic carbocycles. The summed E-state index contributed by atoms with van der Waals surface area (Å²) in [6, 6.07) is 10.7. The molecule has 10 heavy (non-hydrogen) atoms. The van der Waals surface area contributed by atoms with E-state index >= 15 is 0 Å². The van der Waals surface area contributed by atoms with Crippen LogP contribution in [-0.2, 0) is 0 Å². The van der Waals surface area contributed by atoms with Gasteiger partial charge in [-0.3, -0.25) is 0 Å². The number of rotatable bonds is 2. The van der Waals surface area contributed by atoms with Crippen LogP contribution in [0.15, 0.2) is 30.3 Å². The number of hydrogen-bond donors (Lipinski definition) is 0. The zero-order valence-electron chi connectivity index (χ0n) is 6.54. The first-order valence-electron chi connectivity index (χ1n) is 3.69. The molecule has 0 saturated carbocycles. The van der Waals surface area contributed by atoms with Crippen LogP contribution >= 0.6 is 0 Å². The Balaban J connectivity index is 2.59. The molecule has 0 atom stereocenters. The van der Waals surface area contributed by atoms with E-state index in [2.05, 4.69) is 44.2 Å². The monoisotopic (exact) mass is 147 g/mol. The fourth-order valence-electron chi connectivity index (χ4n) is 0.949. The molecule has 0 saturated heterocycles. The van der Waals surface area contributed by atoms with Crippen LogP contribution in [0.4, 0.5) is 0 Å². The predicted molar refractivity (Wildman–Crippen MR) is 46.9 cm³/mol. The van der Waals surface area contributed by atoms with Crippen molar-refractivity contribution in [1.29, 1.82) is 0 Å². The molecule has 0 bridgehead atoms. The minimum atomic E-state index is 0.492. The van der Waals surface area contributed by atoms with Crippen LogP contribution in [0.2, 0.25) is 4.78 Å². The van der Waals surface area contributed by atoms with Crippen molar-refractivity contribution in [3.63, 3.8) is 0 Å². The van der Waals surface area contributed by atoms with Gasteiger partial charge in [0.15, 0.2) is 0 Å². The SMILES string of the molecule is C[CH](C)[Al+][c]1ccccc1. The first-order chi connectivity index (χ1) is 4.79. The van der Waals surface area contributed by atoms with Crippen LogP contribution in [0, 0.1) is 0 Å². The Hall–Kier alpha value is -0.248. The van der Waals surface area contributed by atoms with E-state index < -0.39 is 0 Å². The van der Waals surface area contributed by atoms with E-state index in [9.17, 15) is 0 Å². The van der Waals surface area contributed by atoms with Crippen molar-refractivity contribution in [1.82, 2.24) is 0 Å². The Morgan fingerprint density at radius 1 is 1.10 bits per heavy atom. The molecule has 0 spiro atoms. The van der Waals surface area contributed by atoms with Gasteiger partial charge in [-0.1, -0.05) is 0 Å². The van der Waals surface area contributed by atoms with Gasteiger partial charge in [-0.2, -0.15) is 0 Å². The quantitative estimate of drug-likeness (QED) is 0.560. The van der Waals surface area contributed by atoms with Gasteiger partial charge in [0.1, 0.15) is 0 Å². The molecular formula is C9H12Al+. The van der Waals surface area contributed by atoms with Crippen molar-refractivity contribution in [2.75, 3.05) is 0 Å². The fourth-order valence-corrected chi connectivity index (χ4v) is 2.16. The Labute approximate surface area is 69.0 Å². The Bertz CT molecular complexity index is 179. The summed E-state index contributed by atoms with van der Waals surface area (Å²) in [4.78, 5) is 0. The van der Waals surface area contributed by atoms with E-state index in [1.807, 2.05) is 0 Å². The molecule has 0 N–H and O–H groups in total. The van der Waals surface area contributed by atoms with Gasteiger partial charge in [0.05, 0.1) is 0 Å². The Morgan fingerprint density at radius 3 is 2.20 bits per heavy atom. The Morgan fingerprint density at radius 2 is 1.70 bits per heavy atom. The summed E-state index contributed by atoms with van der Waals surface area (Å²) in [5.74, 6) is 0. The zero-order valence-corrected chi connectivity index (χ0v) is 7.70. The Kier molecular flexibility index (Phi) is 2.99. The maximum atomic E-state index is 2.28. The average molecular weight is 147 g/mol. The molecule has 0 aromatic heterocycles. The minimum absolute atomic E-state index is 0.492. The summed E-state index contributed by atoms with van der Waals surface area (Å²) < 4.78 is 2.37. The van der Waals surface area contributed by atoms with Gasteiger partial charge < -0.3 is 0 Å². The summed E-state index contributed by atoms with van der Waals surface area (Å²) in [5.41, 5.74) is 0. The molecule has 1 rings (SSSR count). The van der Waals surface area contributed by atoms with E-state index in [-0.39, 0.29) is 0 Å². The number of benzene rings is 1. The third-order valence-electron chi connectivity index (χ3n) is 1.33. The summed E-state index contributed by atoms with van der Waals surface area (Å²) in [6.45, 7) is 4.56. The topological polar surface area (TPSA) is 0 Å². The summed E-state index contributed by atoms with van der Waals surface area (Å²) in [7, 11) is 0. The standard InChI is InChI=1S/C6H5.C3H7.Al/c1-2-4-6-5-3-1;1-3-2;/h1-5H;3H,1-2H3;/q;;+1.